The number of rotatable bonds is 7. The molecule has 37 heavy (non-hydrogen) atoms. The molecule has 1 amide bonds. The molecule has 0 N–H and O–H groups in total. The largest absolute Gasteiger partial charge is 0.474 e. The predicted octanol–water partition coefficient (Wildman–Crippen LogP) is 5.23. The van der Waals surface area contributed by atoms with Crippen molar-refractivity contribution < 1.29 is 27.4 Å². The lowest BCUT2D eigenvalue weighted by Crippen LogP contribution is -2.50. The molecule has 2 saturated heterocycles. The summed E-state index contributed by atoms with van der Waals surface area (Å²) in [6.07, 6.45) is 8.96. The van der Waals surface area contributed by atoms with Crippen molar-refractivity contribution in [3.8, 4) is 17.5 Å². The molecule has 198 valence electrons. The highest BCUT2D eigenvalue weighted by Gasteiger charge is 2.46. The number of carbonyl (C=O) groups is 1. The Bertz CT molecular complexity index is 1300. The summed E-state index contributed by atoms with van der Waals surface area (Å²) >= 11 is 6.37. The second kappa shape index (κ2) is 9.62. The first-order valence-corrected chi connectivity index (χ1v) is 14.9. The maximum Gasteiger partial charge on any atom is 0.410 e. The van der Waals surface area contributed by atoms with Gasteiger partial charge in [0.15, 0.2) is 9.84 Å². The van der Waals surface area contributed by atoms with Crippen LogP contribution in [0.5, 0.6) is 17.5 Å². The van der Waals surface area contributed by atoms with E-state index in [0.717, 1.165) is 44.9 Å². The average Bonchev–Trinajstić information content (AvgIpc) is 3.66. The molecule has 2 saturated carbocycles. The van der Waals surface area contributed by atoms with Gasteiger partial charge in [-0.2, -0.15) is 0 Å². The first kappa shape index (κ1) is 24.7. The maximum atomic E-state index is 12.7. The number of hydrogen-bond donors (Lipinski definition) is 0. The lowest BCUT2D eigenvalue weighted by molar-refractivity contribution is -0.00516. The fourth-order valence-electron chi connectivity index (χ4n) is 5.43. The number of fused-ring (bicyclic) bond motifs is 2. The number of halogens is 1. The van der Waals surface area contributed by atoms with E-state index in [9.17, 15) is 13.2 Å². The SMILES string of the molecule is Cc1c(Oc2ccc(S(=O)(=O)C3CC3)cc2Cl)ncnc1O[C@H]1CC2CC[C@@H](C1)N2C(=O)OC1CCC1. The van der Waals surface area contributed by atoms with Crippen LogP contribution in [0, 0.1) is 6.92 Å². The van der Waals surface area contributed by atoms with Crippen molar-refractivity contribution in [2.24, 2.45) is 0 Å². The van der Waals surface area contributed by atoms with Crippen LogP contribution in [0.25, 0.3) is 0 Å². The van der Waals surface area contributed by atoms with E-state index in [1.807, 2.05) is 11.8 Å². The van der Waals surface area contributed by atoms with Gasteiger partial charge in [-0.25, -0.2) is 23.2 Å². The monoisotopic (exact) mass is 547 g/mol. The van der Waals surface area contributed by atoms with E-state index < -0.39 is 9.84 Å². The maximum absolute atomic E-state index is 12.7. The molecule has 0 spiro atoms. The van der Waals surface area contributed by atoms with Gasteiger partial charge in [-0.3, -0.25) is 0 Å². The molecular weight excluding hydrogens is 518 g/mol. The Hall–Kier alpha value is -2.59. The third kappa shape index (κ3) is 4.85. The van der Waals surface area contributed by atoms with E-state index in [4.69, 9.17) is 25.8 Å². The van der Waals surface area contributed by atoms with Crippen LogP contribution in [-0.4, -0.2) is 58.9 Å². The number of aromatic nitrogens is 2. The molecule has 9 nitrogen and oxygen atoms in total. The summed E-state index contributed by atoms with van der Waals surface area (Å²) in [6, 6.07) is 4.72. The smallest absolute Gasteiger partial charge is 0.410 e. The normalized spacial score (nSPS) is 25.5. The highest BCUT2D eigenvalue weighted by molar-refractivity contribution is 7.92. The summed E-state index contributed by atoms with van der Waals surface area (Å²) in [5.41, 5.74) is 0.618. The van der Waals surface area contributed by atoms with Gasteiger partial charge in [0.25, 0.3) is 0 Å². The Kier molecular flexibility index (Phi) is 6.43. The van der Waals surface area contributed by atoms with Crippen LogP contribution in [-0.2, 0) is 14.6 Å². The van der Waals surface area contributed by atoms with Gasteiger partial charge in [0.2, 0.25) is 11.8 Å². The van der Waals surface area contributed by atoms with Crippen LogP contribution in [0.3, 0.4) is 0 Å². The lowest BCUT2D eigenvalue weighted by atomic mass is 9.96. The Balaban J connectivity index is 1.12. The van der Waals surface area contributed by atoms with Crippen molar-refractivity contribution in [3.63, 3.8) is 0 Å². The minimum atomic E-state index is -3.35. The zero-order valence-corrected chi connectivity index (χ0v) is 22.2. The summed E-state index contributed by atoms with van der Waals surface area (Å²) in [7, 11) is -3.35. The first-order chi connectivity index (χ1) is 17.8. The number of sulfone groups is 1. The molecule has 1 unspecified atom stereocenters. The Morgan fingerprint density at radius 2 is 1.70 bits per heavy atom. The molecule has 2 aliphatic carbocycles. The summed E-state index contributed by atoms with van der Waals surface area (Å²) in [4.78, 5) is 23.4. The van der Waals surface area contributed by atoms with Crippen molar-refractivity contribution in [1.29, 1.82) is 0 Å². The van der Waals surface area contributed by atoms with Gasteiger partial charge >= 0.3 is 6.09 Å². The summed E-state index contributed by atoms with van der Waals surface area (Å²) in [5, 5.41) is -0.116. The molecular formula is C26H30ClN3O6S. The zero-order chi connectivity index (χ0) is 25.7. The summed E-state index contributed by atoms with van der Waals surface area (Å²) < 4.78 is 42.9. The molecule has 11 heteroatoms. The third-order valence-electron chi connectivity index (χ3n) is 7.89. The van der Waals surface area contributed by atoms with E-state index >= 15 is 0 Å². The number of nitrogens with zero attached hydrogens (tertiary/aromatic N) is 3. The van der Waals surface area contributed by atoms with Crippen molar-refractivity contribution >= 4 is 27.5 Å². The molecule has 4 fully saturated rings. The van der Waals surface area contributed by atoms with Crippen molar-refractivity contribution in [3.05, 3.63) is 35.1 Å². The molecule has 3 heterocycles. The summed E-state index contributed by atoms with van der Waals surface area (Å²) in [6.45, 7) is 1.81. The number of hydrogen-bond acceptors (Lipinski definition) is 8. The highest BCUT2D eigenvalue weighted by Crippen LogP contribution is 2.40. The lowest BCUT2D eigenvalue weighted by Gasteiger charge is -2.39. The summed E-state index contributed by atoms with van der Waals surface area (Å²) in [5.74, 6) is 1.01. The molecule has 1 aromatic heterocycles. The molecule has 3 atom stereocenters. The van der Waals surface area contributed by atoms with Crippen molar-refractivity contribution in [2.75, 3.05) is 0 Å². The van der Waals surface area contributed by atoms with Gasteiger partial charge < -0.3 is 19.1 Å². The molecule has 4 aliphatic rings. The van der Waals surface area contributed by atoms with Gasteiger partial charge in [0.05, 0.1) is 20.7 Å². The van der Waals surface area contributed by atoms with Crippen LogP contribution in [0.2, 0.25) is 5.02 Å². The van der Waals surface area contributed by atoms with Gasteiger partial charge in [0, 0.05) is 24.9 Å². The third-order valence-corrected chi connectivity index (χ3v) is 10.4. The Morgan fingerprint density at radius 3 is 2.32 bits per heavy atom. The van der Waals surface area contributed by atoms with Gasteiger partial charge in [0.1, 0.15) is 24.3 Å². The quantitative estimate of drug-likeness (QED) is 0.463. The molecule has 6 rings (SSSR count). The average molecular weight is 548 g/mol. The fourth-order valence-corrected chi connectivity index (χ4v) is 7.39. The van der Waals surface area contributed by atoms with Crippen LogP contribution >= 0.6 is 11.6 Å². The van der Waals surface area contributed by atoms with E-state index in [0.29, 0.717) is 30.0 Å². The van der Waals surface area contributed by atoms with E-state index in [2.05, 4.69) is 9.97 Å². The first-order valence-electron chi connectivity index (χ1n) is 13.0. The van der Waals surface area contributed by atoms with Gasteiger partial charge in [-0.15, -0.1) is 0 Å². The topological polar surface area (TPSA) is 108 Å². The molecule has 2 bridgehead atoms. The molecule has 1 aromatic carbocycles. The Morgan fingerprint density at radius 1 is 1.00 bits per heavy atom. The van der Waals surface area contributed by atoms with Gasteiger partial charge in [-0.1, -0.05) is 11.6 Å². The fraction of sp³-hybridized carbons (Fsp3) is 0.577. The standard InChI is InChI=1S/C26H30ClN3O6S/c1-15-24(34-19-11-16-5-6-17(12-19)30(16)26(31)35-18-3-2-4-18)28-14-29-25(15)36-23-10-9-21(13-22(23)27)37(32,33)20-7-8-20/h9-10,13-14,16-20H,2-8,11-12H2,1H3/t16-,17?,19+/m0/s1. The predicted molar refractivity (Wildman–Crippen MR) is 135 cm³/mol. The van der Waals surface area contributed by atoms with Crippen molar-refractivity contribution in [1.82, 2.24) is 14.9 Å². The minimum absolute atomic E-state index is 0.0790. The van der Waals surface area contributed by atoms with E-state index in [-0.39, 0.29) is 51.4 Å². The second-order valence-corrected chi connectivity index (χ2v) is 13.1. The van der Waals surface area contributed by atoms with Crippen LogP contribution in [0.4, 0.5) is 4.79 Å². The zero-order valence-electron chi connectivity index (χ0n) is 20.6. The number of benzene rings is 1. The number of amides is 1. The van der Waals surface area contributed by atoms with Crippen LogP contribution < -0.4 is 9.47 Å². The van der Waals surface area contributed by atoms with Gasteiger partial charge in [-0.05, 0) is 70.1 Å². The van der Waals surface area contributed by atoms with Crippen molar-refractivity contribution in [2.45, 2.75) is 99.1 Å². The minimum Gasteiger partial charge on any atom is -0.474 e. The number of ether oxygens (including phenoxy) is 3. The van der Waals surface area contributed by atoms with E-state index in [1.165, 1.54) is 18.5 Å². The molecule has 2 aromatic rings. The Labute approximate surface area is 221 Å². The number of piperidine rings is 1. The highest BCUT2D eigenvalue weighted by atomic mass is 35.5. The molecule has 0 radical (unpaired) electrons. The van der Waals surface area contributed by atoms with Crippen LogP contribution in [0.1, 0.15) is 63.4 Å². The van der Waals surface area contributed by atoms with E-state index in [1.54, 1.807) is 6.07 Å². The van der Waals surface area contributed by atoms with Crippen LogP contribution in [0.15, 0.2) is 29.4 Å². The molecule has 2 aliphatic heterocycles. The number of carbonyl (C=O) groups excluding carboxylic acids is 1. The second-order valence-electron chi connectivity index (χ2n) is 10.5.